The molecule has 44 heavy (non-hydrogen) atoms. The molecule has 0 saturated carbocycles. The number of nitrogens with zero attached hydrogens (tertiary/aromatic N) is 8. The van der Waals surface area contributed by atoms with Crippen LogP contribution < -0.4 is 5.69 Å². The summed E-state index contributed by atoms with van der Waals surface area (Å²) in [6.45, 7) is -1.47. The molecular formula is C26H23ClF4N8O5. The second-order valence-electron chi connectivity index (χ2n) is 9.74. The number of alkyl halides is 3. The molecule has 1 aliphatic heterocycles. The minimum absolute atomic E-state index is 0.0477. The van der Waals surface area contributed by atoms with Crippen LogP contribution in [0, 0.1) is 5.82 Å². The van der Waals surface area contributed by atoms with Crippen molar-refractivity contribution >= 4 is 23.6 Å². The summed E-state index contributed by atoms with van der Waals surface area (Å²) in [5, 5.41) is 27.7. The van der Waals surface area contributed by atoms with E-state index in [2.05, 4.69) is 15.2 Å². The van der Waals surface area contributed by atoms with Crippen molar-refractivity contribution in [3.63, 3.8) is 0 Å². The Morgan fingerprint density at radius 3 is 2.27 bits per heavy atom. The molecule has 2 aromatic heterocycles. The van der Waals surface area contributed by atoms with Crippen LogP contribution in [0.25, 0.3) is 17.1 Å². The Morgan fingerprint density at radius 1 is 1.00 bits per heavy atom. The highest BCUT2D eigenvalue weighted by Gasteiger charge is 2.39. The Labute approximate surface area is 250 Å². The van der Waals surface area contributed by atoms with E-state index in [1.165, 1.54) is 47.4 Å². The number of hydrogen-bond donors (Lipinski definition) is 2. The molecule has 2 amide bonds. The lowest BCUT2D eigenvalue weighted by atomic mass is 10.2. The summed E-state index contributed by atoms with van der Waals surface area (Å²) in [5.41, 5.74) is -0.684. The normalized spacial score (nSPS) is 14.6. The summed E-state index contributed by atoms with van der Waals surface area (Å²) in [6.07, 6.45) is -9.03. The van der Waals surface area contributed by atoms with Crippen molar-refractivity contribution in [3.8, 4) is 17.1 Å². The number of hydrogen-bond acceptors (Lipinski definition) is 7. The second kappa shape index (κ2) is 12.1. The quantitative estimate of drug-likeness (QED) is 0.293. The van der Waals surface area contributed by atoms with E-state index in [1.54, 1.807) is 0 Å². The number of carbonyl (C=O) groups excluding carboxylic acids is 1. The molecule has 0 aliphatic carbocycles. The standard InChI is InChI=1S/C26H23ClF4N8O5/c27-16-6-4-15(5-7-16)21-34-38(24(42)37(21)13-19(40)26(29,30)31)14-20-32-22(39(33-20)18-3-1-2-17(28)12-18)23(41)35-8-10-36(11-9-35)25(43)44/h1-7,12,19,40H,8-11,13-14H2,(H,43,44)/t19-/m0/s1. The van der Waals surface area contributed by atoms with E-state index in [9.17, 15) is 42.2 Å². The van der Waals surface area contributed by atoms with E-state index >= 15 is 0 Å². The third-order valence-electron chi connectivity index (χ3n) is 6.78. The monoisotopic (exact) mass is 638 g/mol. The van der Waals surface area contributed by atoms with Gasteiger partial charge in [0.25, 0.3) is 5.91 Å². The molecule has 18 heteroatoms. The fourth-order valence-corrected chi connectivity index (χ4v) is 4.65. The highest BCUT2D eigenvalue weighted by molar-refractivity contribution is 6.30. The van der Waals surface area contributed by atoms with E-state index in [-0.39, 0.29) is 54.9 Å². The van der Waals surface area contributed by atoms with E-state index in [1.807, 2.05) is 0 Å². The van der Waals surface area contributed by atoms with E-state index in [4.69, 9.17) is 11.6 Å². The number of carbonyl (C=O) groups is 2. The van der Waals surface area contributed by atoms with Crippen LogP contribution in [0.4, 0.5) is 22.4 Å². The summed E-state index contributed by atoms with van der Waals surface area (Å²) in [6, 6.07) is 10.9. The molecule has 3 heterocycles. The molecular weight excluding hydrogens is 616 g/mol. The fourth-order valence-electron chi connectivity index (χ4n) is 4.52. The van der Waals surface area contributed by atoms with Gasteiger partial charge in [0.1, 0.15) is 12.4 Å². The van der Waals surface area contributed by atoms with E-state index < -0.39 is 48.9 Å². The van der Waals surface area contributed by atoms with Crippen molar-refractivity contribution in [1.82, 2.24) is 38.9 Å². The molecule has 1 atom stereocenters. The summed E-state index contributed by atoms with van der Waals surface area (Å²) in [7, 11) is 0. The molecule has 13 nitrogen and oxygen atoms in total. The lowest BCUT2D eigenvalue weighted by Crippen LogP contribution is -2.50. The van der Waals surface area contributed by atoms with E-state index in [0.717, 1.165) is 20.3 Å². The minimum atomic E-state index is -5.02. The highest BCUT2D eigenvalue weighted by Crippen LogP contribution is 2.24. The van der Waals surface area contributed by atoms with Crippen molar-refractivity contribution in [2.75, 3.05) is 26.2 Å². The summed E-state index contributed by atoms with van der Waals surface area (Å²) in [5.74, 6) is -1.92. The Hall–Kier alpha value is -4.77. The van der Waals surface area contributed by atoms with Gasteiger partial charge < -0.3 is 20.0 Å². The lowest BCUT2D eigenvalue weighted by Gasteiger charge is -2.32. The minimum Gasteiger partial charge on any atom is -0.465 e. The predicted octanol–water partition coefficient (Wildman–Crippen LogP) is 2.49. The van der Waals surface area contributed by atoms with Crippen LogP contribution in [-0.4, -0.2) is 99.6 Å². The Bertz CT molecular complexity index is 1750. The molecule has 232 valence electrons. The largest absolute Gasteiger partial charge is 0.465 e. The first-order chi connectivity index (χ1) is 20.8. The third kappa shape index (κ3) is 6.42. The van der Waals surface area contributed by atoms with Crippen LogP contribution in [0.15, 0.2) is 53.3 Å². The van der Waals surface area contributed by atoms with E-state index in [0.29, 0.717) is 9.59 Å². The molecule has 1 fully saturated rings. The topological polar surface area (TPSA) is 152 Å². The zero-order valence-electron chi connectivity index (χ0n) is 22.5. The number of aliphatic hydroxyl groups excluding tert-OH is 1. The van der Waals surface area contributed by atoms with Crippen molar-refractivity contribution in [2.45, 2.75) is 25.4 Å². The molecule has 1 saturated heterocycles. The van der Waals surface area contributed by atoms with Gasteiger partial charge in [0.05, 0.1) is 12.2 Å². The number of piperazine rings is 1. The van der Waals surface area contributed by atoms with Gasteiger partial charge >= 0.3 is 18.0 Å². The number of rotatable bonds is 7. The second-order valence-corrected chi connectivity index (χ2v) is 10.2. The van der Waals surface area contributed by atoms with Crippen LogP contribution in [0.2, 0.25) is 5.02 Å². The van der Waals surface area contributed by atoms with Gasteiger partial charge in [0.15, 0.2) is 17.8 Å². The van der Waals surface area contributed by atoms with Crippen LogP contribution in [0.3, 0.4) is 0 Å². The number of carboxylic acid groups (broad SMARTS) is 1. The molecule has 0 unspecified atom stereocenters. The van der Waals surface area contributed by atoms with Gasteiger partial charge in [0.2, 0.25) is 5.82 Å². The average Bonchev–Trinajstić information content (AvgIpc) is 3.54. The van der Waals surface area contributed by atoms with Crippen LogP contribution in [0.1, 0.15) is 16.4 Å². The third-order valence-corrected chi connectivity index (χ3v) is 7.03. The molecule has 1 aliphatic rings. The van der Waals surface area contributed by atoms with Crippen molar-refractivity contribution in [3.05, 3.63) is 81.5 Å². The first kappa shape index (κ1) is 30.7. The molecule has 2 N–H and O–H groups in total. The van der Waals surface area contributed by atoms with Crippen LogP contribution in [-0.2, 0) is 13.1 Å². The van der Waals surface area contributed by atoms with Gasteiger partial charge in [-0.05, 0) is 42.5 Å². The highest BCUT2D eigenvalue weighted by atomic mass is 35.5. The van der Waals surface area contributed by atoms with Gasteiger partial charge in [-0.1, -0.05) is 17.7 Å². The van der Waals surface area contributed by atoms with Gasteiger partial charge in [-0.3, -0.25) is 9.36 Å². The zero-order chi connectivity index (χ0) is 31.8. The van der Waals surface area contributed by atoms with Crippen molar-refractivity contribution in [1.29, 1.82) is 0 Å². The number of aliphatic hydroxyl groups is 1. The fraction of sp³-hybridized carbons (Fsp3) is 0.308. The molecule has 0 spiro atoms. The molecule has 0 radical (unpaired) electrons. The Kier molecular flexibility index (Phi) is 8.42. The summed E-state index contributed by atoms with van der Waals surface area (Å²) >= 11 is 5.92. The first-order valence-electron chi connectivity index (χ1n) is 13.0. The molecule has 5 rings (SSSR count). The Morgan fingerprint density at radius 2 is 1.66 bits per heavy atom. The van der Waals surface area contributed by atoms with Crippen molar-refractivity contribution in [2.24, 2.45) is 0 Å². The number of benzene rings is 2. The predicted molar refractivity (Wildman–Crippen MR) is 145 cm³/mol. The van der Waals surface area contributed by atoms with Gasteiger partial charge in [-0.2, -0.15) is 13.2 Å². The van der Waals surface area contributed by atoms with Crippen LogP contribution >= 0.6 is 11.6 Å². The number of halogens is 5. The molecule has 4 aromatic rings. The summed E-state index contributed by atoms with van der Waals surface area (Å²) < 4.78 is 56.2. The average molecular weight is 639 g/mol. The maximum atomic E-state index is 14.1. The Balaban J connectivity index is 1.53. The maximum absolute atomic E-state index is 14.1. The molecule has 2 aromatic carbocycles. The smallest absolute Gasteiger partial charge is 0.416 e. The van der Waals surface area contributed by atoms with Gasteiger partial charge in [-0.25, -0.2) is 28.3 Å². The lowest BCUT2D eigenvalue weighted by molar-refractivity contribution is -0.207. The van der Waals surface area contributed by atoms with Crippen LogP contribution in [0.5, 0.6) is 0 Å². The SMILES string of the molecule is O=C(O)N1CCN(C(=O)c2nc(Cn3nc(-c4ccc(Cl)cc4)n(C[C@H](O)C(F)(F)F)c3=O)nn2-c2cccc(F)c2)CC1. The van der Waals surface area contributed by atoms with Gasteiger partial charge in [-0.15, -0.1) is 10.2 Å². The van der Waals surface area contributed by atoms with Gasteiger partial charge in [0, 0.05) is 36.8 Å². The summed E-state index contributed by atoms with van der Waals surface area (Å²) in [4.78, 5) is 44.8. The molecule has 0 bridgehead atoms. The zero-order valence-corrected chi connectivity index (χ0v) is 23.3. The first-order valence-corrected chi connectivity index (χ1v) is 13.4. The number of aromatic nitrogens is 6. The van der Waals surface area contributed by atoms with Crippen molar-refractivity contribution < 1.29 is 37.4 Å². The maximum Gasteiger partial charge on any atom is 0.416 e. The number of amides is 2.